The Labute approximate surface area is 179 Å². The number of para-hydroxylation sites is 1. The minimum Gasteiger partial charge on any atom is -0.493 e. The lowest BCUT2D eigenvalue weighted by Crippen LogP contribution is -2.20. The van der Waals surface area contributed by atoms with Gasteiger partial charge in [0.25, 0.3) is 11.8 Å². The van der Waals surface area contributed by atoms with Crippen LogP contribution in [-0.4, -0.2) is 29.9 Å². The van der Waals surface area contributed by atoms with E-state index < -0.39 is 0 Å². The van der Waals surface area contributed by atoms with E-state index in [0.29, 0.717) is 30.9 Å². The Kier molecular flexibility index (Phi) is 6.71. The topological polar surface area (TPSA) is 76.7 Å². The molecule has 0 bridgehead atoms. The predicted octanol–water partition coefficient (Wildman–Crippen LogP) is 3.96. The number of carbonyl (C=O) groups is 2. The molecule has 3 rings (SSSR count). The molecule has 1 saturated heterocycles. The smallest absolute Gasteiger partial charge is 0.263 e. The zero-order chi connectivity index (χ0) is 20.1. The fourth-order valence-corrected chi connectivity index (χ4v) is 4.01. The molecule has 144 valence electrons. The largest absolute Gasteiger partial charge is 0.493 e. The first-order chi connectivity index (χ1) is 13.5. The lowest BCUT2D eigenvalue weighted by molar-refractivity contribution is -0.118. The summed E-state index contributed by atoms with van der Waals surface area (Å²) in [6.07, 6.45) is 1.71. The number of hydrogen-bond acceptors (Lipinski definition) is 6. The van der Waals surface area contributed by atoms with E-state index in [2.05, 4.69) is 26.6 Å². The van der Waals surface area contributed by atoms with Crippen molar-refractivity contribution in [3.8, 4) is 11.5 Å². The second-order valence-corrected chi connectivity index (χ2v) is 8.16. The van der Waals surface area contributed by atoms with Gasteiger partial charge in [0.15, 0.2) is 18.1 Å². The molecule has 0 radical (unpaired) electrons. The molecule has 2 amide bonds. The summed E-state index contributed by atoms with van der Waals surface area (Å²) in [7, 11) is 1.50. The van der Waals surface area contributed by atoms with Crippen molar-refractivity contribution in [2.24, 2.45) is 0 Å². The first kappa shape index (κ1) is 20.4. The highest BCUT2D eigenvalue weighted by Crippen LogP contribution is 2.38. The van der Waals surface area contributed by atoms with Gasteiger partial charge < -0.3 is 20.1 Å². The average Bonchev–Trinajstić information content (AvgIpc) is 2.98. The average molecular weight is 479 g/mol. The Hall–Kier alpha value is -2.36. The minimum atomic E-state index is -0.293. The molecule has 1 aliphatic rings. The molecule has 2 aromatic carbocycles. The number of halogens is 1. The highest BCUT2D eigenvalue weighted by molar-refractivity contribution is 9.10. The van der Waals surface area contributed by atoms with Crippen molar-refractivity contribution in [3.05, 3.63) is 57.4 Å². The first-order valence-corrected chi connectivity index (χ1v) is 10.1. The summed E-state index contributed by atoms with van der Waals surface area (Å²) in [5.41, 5.74) is 1.42. The molecule has 2 N–H and O–H groups in total. The van der Waals surface area contributed by atoms with Gasteiger partial charge in [0.1, 0.15) is 4.32 Å². The van der Waals surface area contributed by atoms with E-state index in [0.717, 1.165) is 5.56 Å². The van der Waals surface area contributed by atoms with Crippen LogP contribution < -0.4 is 20.1 Å². The van der Waals surface area contributed by atoms with Gasteiger partial charge in [0.2, 0.25) is 0 Å². The van der Waals surface area contributed by atoms with Crippen LogP contribution in [-0.2, 0) is 9.59 Å². The SMILES string of the molecule is COc1cc(/C=C2\SC(=S)NC2=O)cc(Br)c1OCC(=O)Nc1ccccc1. The summed E-state index contributed by atoms with van der Waals surface area (Å²) in [4.78, 5) is 24.4. The minimum absolute atomic E-state index is 0.184. The third-order valence-electron chi connectivity index (χ3n) is 3.60. The number of carbonyl (C=O) groups excluding carboxylic acids is 2. The van der Waals surface area contributed by atoms with Gasteiger partial charge in [0, 0.05) is 5.69 Å². The van der Waals surface area contributed by atoms with Crippen molar-refractivity contribution < 1.29 is 19.1 Å². The summed E-state index contributed by atoms with van der Waals surface area (Å²) in [5, 5.41) is 5.32. The van der Waals surface area contributed by atoms with E-state index in [-0.39, 0.29) is 18.4 Å². The molecule has 6 nitrogen and oxygen atoms in total. The van der Waals surface area contributed by atoms with Gasteiger partial charge in [-0.2, -0.15) is 0 Å². The molecule has 1 aliphatic heterocycles. The first-order valence-electron chi connectivity index (χ1n) is 8.06. The Balaban J connectivity index is 1.73. The fraction of sp³-hybridized carbons (Fsp3) is 0.105. The fourth-order valence-electron chi connectivity index (χ4n) is 2.39. The molecular formula is C19H15BrN2O4S2. The molecule has 1 heterocycles. The van der Waals surface area contributed by atoms with Crippen LogP contribution in [0, 0.1) is 0 Å². The van der Waals surface area contributed by atoms with Crippen LogP contribution in [0.4, 0.5) is 5.69 Å². The van der Waals surface area contributed by atoms with Crippen LogP contribution in [0.25, 0.3) is 6.08 Å². The maximum Gasteiger partial charge on any atom is 0.263 e. The van der Waals surface area contributed by atoms with E-state index in [1.165, 1.54) is 18.9 Å². The Morgan fingerprint density at radius 1 is 1.32 bits per heavy atom. The third kappa shape index (κ3) is 5.12. The van der Waals surface area contributed by atoms with Crippen molar-refractivity contribution in [1.82, 2.24) is 5.32 Å². The van der Waals surface area contributed by atoms with Crippen LogP contribution in [0.2, 0.25) is 0 Å². The quantitative estimate of drug-likeness (QED) is 0.483. The molecule has 28 heavy (non-hydrogen) atoms. The highest BCUT2D eigenvalue weighted by atomic mass is 79.9. The van der Waals surface area contributed by atoms with Crippen molar-refractivity contribution in [3.63, 3.8) is 0 Å². The van der Waals surface area contributed by atoms with Crippen molar-refractivity contribution >= 4 is 67.8 Å². The molecule has 0 atom stereocenters. The Bertz CT molecular complexity index is 964. The number of thiocarbonyl (C=S) groups is 1. The zero-order valence-electron chi connectivity index (χ0n) is 14.7. The molecular weight excluding hydrogens is 464 g/mol. The van der Waals surface area contributed by atoms with Crippen molar-refractivity contribution in [2.45, 2.75) is 0 Å². The number of thioether (sulfide) groups is 1. The third-order valence-corrected chi connectivity index (χ3v) is 5.35. The number of hydrogen-bond donors (Lipinski definition) is 2. The predicted molar refractivity (Wildman–Crippen MR) is 118 cm³/mol. The maximum absolute atomic E-state index is 12.1. The van der Waals surface area contributed by atoms with Crippen LogP contribution in [0.5, 0.6) is 11.5 Å². The van der Waals surface area contributed by atoms with Crippen molar-refractivity contribution in [1.29, 1.82) is 0 Å². The van der Waals surface area contributed by atoms with Gasteiger partial charge in [-0.15, -0.1) is 0 Å². The maximum atomic E-state index is 12.1. The summed E-state index contributed by atoms with van der Waals surface area (Å²) in [6.45, 7) is -0.184. The van der Waals surface area contributed by atoms with Gasteiger partial charge in [-0.25, -0.2) is 0 Å². The Morgan fingerprint density at radius 2 is 2.07 bits per heavy atom. The number of amides is 2. The second kappa shape index (κ2) is 9.22. The normalized spacial score (nSPS) is 14.7. The van der Waals surface area contributed by atoms with Gasteiger partial charge in [-0.1, -0.05) is 42.2 Å². The molecule has 9 heteroatoms. The van der Waals surface area contributed by atoms with Crippen LogP contribution in [0.1, 0.15) is 5.56 Å². The number of nitrogens with one attached hydrogen (secondary N) is 2. The summed E-state index contributed by atoms with van der Waals surface area (Å²) in [5.74, 6) is 0.300. The van der Waals surface area contributed by atoms with Gasteiger partial charge >= 0.3 is 0 Å². The zero-order valence-corrected chi connectivity index (χ0v) is 17.9. The molecule has 1 fully saturated rings. The highest BCUT2D eigenvalue weighted by Gasteiger charge is 2.22. The lowest BCUT2D eigenvalue weighted by Gasteiger charge is -2.13. The molecule has 0 unspecified atom stereocenters. The van der Waals surface area contributed by atoms with Gasteiger partial charge in [-0.3, -0.25) is 9.59 Å². The van der Waals surface area contributed by atoms with Gasteiger partial charge in [-0.05, 0) is 51.8 Å². The number of benzene rings is 2. The van der Waals surface area contributed by atoms with Crippen LogP contribution >= 0.6 is 39.9 Å². The number of methoxy groups -OCH3 is 1. The van der Waals surface area contributed by atoms with E-state index >= 15 is 0 Å². The molecule has 0 saturated carbocycles. The molecule has 2 aromatic rings. The molecule has 0 aliphatic carbocycles. The number of ether oxygens (including phenoxy) is 2. The number of rotatable bonds is 6. The standard InChI is InChI=1S/C19H15BrN2O4S2/c1-25-14-8-11(9-15-18(24)22-19(27)28-15)7-13(20)17(14)26-10-16(23)21-12-5-3-2-4-6-12/h2-9H,10H2,1H3,(H,21,23)(H,22,24,27)/b15-9-. The van der Waals surface area contributed by atoms with Crippen LogP contribution in [0.3, 0.4) is 0 Å². The second-order valence-electron chi connectivity index (χ2n) is 5.59. The monoisotopic (exact) mass is 478 g/mol. The number of anilines is 1. The summed E-state index contributed by atoms with van der Waals surface area (Å²) >= 11 is 9.62. The van der Waals surface area contributed by atoms with E-state index in [4.69, 9.17) is 21.7 Å². The summed E-state index contributed by atoms with van der Waals surface area (Å²) in [6, 6.07) is 12.6. The van der Waals surface area contributed by atoms with E-state index in [1.54, 1.807) is 30.3 Å². The molecule has 0 spiro atoms. The van der Waals surface area contributed by atoms with Crippen LogP contribution in [0.15, 0.2) is 51.8 Å². The lowest BCUT2D eigenvalue weighted by atomic mass is 10.2. The summed E-state index contributed by atoms with van der Waals surface area (Å²) < 4.78 is 12.0. The van der Waals surface area contributed by atoms with Gasteiger partial charge in [0.05, 0.1) is 16.5 Å². The Morgan fingerprint density at radius 3 is 2.71 bits per heavy atom. The van der Waals surface area contributed by atoms with E-state index in [9.17, 15) is 9.59 Å². The van der Waals surface area contributed by atoms with Crippen molar-refractivity contribution in [2.75, 3.05) is 19.0 Å². The molecule has 0 aromatic heterocycles. The van der Waals surface area contributed by atoms with E-state index in [1.807, 2.05) is 18.2 Å².